The molecule has 0 amide bonds. The van der Waals surface area contributed by atoms with Gasteiger partial charge in [-0.1, -0.05) is 0 Å². The summed E-state index contributed by atoms with van der Waals surface area (Å²) < 4.78 is 4.69. The third-order valence-corrected chi connectivity index (χ3v) is 0.883. The standard InChI is InChI=1S/C6H6N2O3/c9-6(10)4-11-5-3-7-1-2-8-5/h1-3H,4H2,(H,9,10). The minimum atomic E-state index is -1.03. The lowest BCUT2D eigenvalue weighted by molar-refractivity contribution is -0.139. The van der Waals surface area contributed by atoms with E-state index in [1.165, 1.54) is 18.6 Å². The van der Waals surface area contributed by atoms with E-state index in [4.69, 9.17) is 9.84 Å². The predicted molar refractivity (Wildman–Crippen MR) is 35.2 cm³/mol. The van der Waals surface area contributed by atoms with Gasteiger partial charge in [-0.2, -0.15) is 0 Å². The van der Waals surface area contributed by atoms with Crippen LogP contribution in [0, 0.1) is 0 Å². The quantitative estimate of drug-likeness (QED) is 0.660. The number of carboxylic acid groups (broad SMARTS) is 1. The Morgan fingerprint density at radius 2 is 2.45 bits per heavy atom. The highest BCUT2D eigenvalue weighted by molar-refractivity contribution is 5.68. The van der Waals surface area contributed by atoms with Crippen molar-refractivity contribution >= 4 is 5.97 Å². The summed E-state index contributed by atoms with van der Waals surface area (Å²) in [5.74, 6) is -0.814. The van der Waals surface area contributed by atoms with Crippen LogP contribution in [0.4, 0.5) is 0 Å². The third kappa shape index (κ3) is 2.61. The summed E-state index contributed by atoms with van der Waals surface area (Å²) in [4.78, 5) is 17.4. The van der Waals surface area contributed by atoms with Crippen LogP contribution in [-0.2, 0) is 4.79 Å². The van der Waals surface area contributed by atoms with Gasteiger partial charge in [0, 0.05) is 12.4 Å². The summed E-state index contributed by atoms with van der Waals surface area (Å²) >= 11 is 0. The Kier molecular flexibility index (Phi) is 2.37. The Bertz CT molecular complexity index is 237. The molecule has 0 aliphatic heterocycles. The van der Waals surface area contributed by atoms with Gasteiger partial charge in [-0.05, 0) is 0 Å². The Morgan fingerprint density at radius 1 is 1.64 bits per heavy atom. The summed E-state index contributed by atoms with van der Waals surface area (Å²) in [6.07, 6.45) is 4.26. The molecular weight excluding hydrogens is 148 g/mol. The molecule has 1 heterocycles. The van der Waals surface area contributed by atoms with Crippen molar-refractivity contribution in [3.63, 3.8) is 0 Å². The molecule has 0 radical (unpaired) electrons. The molecule has 1 aromatic rings. The number of rotatable bonds is 3. The molecule has 1 N–H and O–H groups in total. The van der Waals surface area contributed by atoms with Crippen molar-refractivity contribution in [2.45, 2.75) is 0 Å². The molecule has 0 saturated heterocycles. The molecule has 5 nitrogen and oxygen atoms in total. The van der Waals surface area contributed by atoms with Crippen LogP contribution >= 0.6 is 0 Å². The van der Waals surface area contributed by atoms with E-state index in [9.17, 15) is 4.79 Å². The molecular formula is C6H6N2O3. The molecule has 0 atom stereocenters. The van der Waals surface area contributed by atoms with Gasteiger partial charge in [-0.15, -0.1) is 0 Å². The molecule has 0 fully saturated rings. The zero-order chi connectivity index (χ0) is 8.10. The van der Waals surface area contributed by atoms with Crippen LogP contribution < -0.4 is 4.74 Å². The second-order valence-corrected chi connectivity index (χ2v) is 1.73. The smallest absolute Gasteiger partial charge is 0.341 e. The maximum Gasteiger partial charge on any atom is 0.341 e. The Labute approximate surface area is 62.7 Å². The van der Waals surface area contributed by atoms with E-state index in [2.05, 4.69) is 9.97 Å². The summed E-state index contributed by atoms with van der Waals surface area (Å²) in [5.41, 5.74) is 0. The van der Waals surface area contributed by atoms with Crippen LogP contribution in [-0.4, -0.2) is 27.7 Å². The van der Waals surface area contributed by atoms with Crippen LogP contribution in [0.15, 0.2) is 18.6 Å². The summed E-state index contributed by atoms with van der Waals surface area (Å²) in [5, 5.41) is 8.20. The fourth-order valence-corrected chi connectivity index (χ4v) is 0.496. The lowest BCUT2D eigenvalue weighted by atomic mass is 10.7. The number of ether oxygens (including phenoxy) is 1. The van der Waals surface area contributed by atoms with Crippen molar-refractivity contribution < 1.29 is 14.6 Å². The first kappa shape index (κ1) is 7.46. The third-order valence-electron chi connectivity index (χ3n) is 0.883. The van der Waals surface area contributed by atoms with Crippen molar-refractivity contribution in [3.8, 4) is 5.88 Å². The van der Waals surface area contributed by atoms with Gasteiger partial charge in [0.25, 0.3) is 0 Å². The molecule has 1 aromatic heterocycles. The minimum absolute atomic E-state index is 0.218. The molecule has 0 saturated carbocycles. The van der Waals surface area contributed by atoms with E-state index in [0.29, 0.717) is 0 Å². The summed E-state index contributed by atoms with van der Waals surface area (Å²) in [6.45, 7) is -0.390. The molecule has 5 heteroatoms. The van der Waals surface area contributed by atoms with Gasteiger partial charge in [-0.25, -0.2) is 9.78 Å². The van der Waals surface area contributed by atoms with E-state index in [1.807, 2.05) is 0 Å². The number of nitrogens with zero attached hydrogens (tertiary/aromatic N) is 2. The highest BCUT2D eigenvalue weighted by atomic mass is 16.5. The first-order valence-electron chi connectivity index (χ1n) is 2.89. The van der Waals surface area contributed by atoms with Crippen LogP contribution in [0.5, 0.6) is 5.88 Å². The second-order valence-electron chi connectivity index (χ2n) is 1.73. The summed E-state index contributed by atoms with van der Waals surface area (Å²) in [6, 6.07) is 0. The molecule has 0 spiro atoms. The van der Waals surface area contributed by atoms with Gasteiger partial charge in [-0.3, -0.25) is 4.98 Å². The predicted octanol–water partition coefficient (Wildman–Crippen LogP) is -0.0600. The van der Waals surface area contributed by atoms with Crippen LogP contribution in [0.2, 0.25) is 0 Å². The van der Waals surface area contributed by atoms with Gasteiger partial charge in [0.1, 0.15) is 0 Å². The number of hydrogen-bond acceptors (Lipinski definition) is 4. The topological polar surface area (TPSA) is 72.3 Å². The molecule has 0 bridgehead atoms. The zero-order valence-electron chi connectivity index (χ0n) is 5.60. The van der Waals surface area contributed by atoms with Crippen molar-refractivity contribution in [1.29, 1.82) is 0 Å². The van der Waals surface area contributed by atoms with Crippen LogP contribution in [0.3, 0.4) is 0 Å². The van der Waals surface area contributed by atoms with Gasteiger partial charge in [0.05, 0.1) is 6.20 Å². The Hall–Kier alpha value is -1.65. The van der Waals surface area contributed by atoms with Crippen molar-refractivity contribution in [3.05, 3.63) is 18.6 Å². The number of aliphatic carboxylic acids is 1. The number of carbonyl (C=O) groups is 1. The first-order valence-corrected chi connectivity index (χ1v) is 2.89. The van der Waals surface area contributed by atoms with Gasteiger partial charge >= 0.3 is 5.97 Å². The molecule has 1 rings (SSSR count). The second kappa shape index (κ2) is 3.50. The first-order chi connectivity index (χ1) is 5.29. The Balaban J connectivity index is 2.45. The molecule has 0 aliphatic carbocycles. The van der Waals surface area contributed by atoms with E-state index in [-0.39, 0.29) is 5.88 Å². The van der Waals surface area contributed by atoms with Crippen LogP contribution in [0.1, 0.15) is 0 Å². The van der Waals surface area contributed by atoms with Crippen molar-refractivity contribution in [2.75, 3.05) is 6.61 Å². The molecule has 11 heavy (non-hydrogen) atoms. The lowest BCUT2D eigenvalue weighted by Crippen LogP contribution is -2.10. The van der Waals surface area contributed by atoms with Crippen molar-refractivity contribution in [1.82, 2.24) is 9.97 Å². The van der Waals surface area contributed by atoms with E-state index < -0.39 is 12.6 Å². The average Bonchev–Trinajstić information content (AvgIpc) is 2.03. The number of hydrogen-bond donors (Lipinski definition) is 1. The summed E-state index contributed by atoms with van der Waals surface area (Å²) in [7, 11) is 0. The van der Waals surface area contributed by atoms with Gasteiger partial charge in [0.2, 0.25) is 5.88 Å². The van der Waals surface area contributed by atoms with Crippen LogP contribution in [0.25, 0.3) is 0 Å². The lowest BCUT2D eigenvalue weighted by Gasteiger charge is -1.98. The highest BCUT2D eigenvalue weighted by Gasteiger charge is 1.98. The highest BCUT2D eigenvalue weighted by Crippen LogP contribution is 1.99. The zero-order valence-corrected chi connectivity index (χ0v) is 5.60. The minimum Gasteiger partial charge on any atom is -0.479 e. The largest absolute Gasteiger partial charge is 0.479 e. The molecule has 0 unspecified atom stereocenters. The van der Waals surface area contributed by atoms with E-state index in [0.717, 1.165) is 0 Å². The maximum absolute atomic E-state index is 10.00. The maximum atomic E-state index is 10.00. The molecule has 58 valence electrons. The fraction of sp³-hybridized carbons (Fsp3) is 0.167. The van der Waals surface area contributed by atoms with Gasteiger partial charge < -0.3 is 9.84 Å². The average molecular weight is 154 g/mol. The number of carboxylic acids is 1. The van der Waals surface area contributed by atoms with E-state index >= 15 is 0 Å². The Morgan fingerprint density at radius 3 is 3.00 bits per heavy atom. The molecule has 0 aliphatic rings. The number of aromatic nitrogens is 2. The van der Waals surface area contributed by atoms with Gasteiger partial charge in [0.15, 0.2) is 6.61 Å². The SMILES string of the molecule is O=C(O)COc1cnccn1. The molecule has 0 aromatic carbocycles. The van der Waals surface area contributed by atoms with Crippen molar-refractivity contribution in [2.24, 2.45) is 0 Å². The fourth-order valence-electron chi connectivity index (χ4n) is 0.496. The normalized spacial score (nSPS) is 9.09. The monoisotopic (exact) mass is 154 g/mol. The van der Waals surface area contributed by atoms with E-state index in [1.54, 1.807) is 0 Å².